The first-order valence-corrected chi connectivity index (χ1v) is 6.75. The molecule has 0 spiro atoms. The summed E-state index contributed by atoms with van der Waals surface area (Å²) in [5.74, 6) is -0.629. The lowest BCUT2D eigenvalue weighted by Gasteiger charge is -1.97. The van der Waals surface area contributed by atoms with Gasteiger partial charge in [0.25, 0.3) is 5.91 Å². The SMILES string of the molecule is NC(=O)C[n+]1cccc(C(=O)c2ncn3ccsc23)c1. The molecule has 0 fully saturated rings. The van der Waals surface area contributed by atoms with Crippen LogP contribution in [-0.2, 0) is 11.3 Å². The minimum atomic E-state index is -0.456. The number of primary amides is 1. The molecule has 0 aliphatic heterocycles. The molecule has 6 nitrogen and oxygen atoms in total. The van der Waals surface area contributed by atoms with E-state index < -0.39 is 5.91 Å². The maximum atomic E-state index is 12.5. The van der Waals surface area contributed by atoms with Crippen molar-refractivity contribution in [1.82, 2.24) is 9.38 Å². The van der Waals surface area contributed by atoms with Gasteiger partial charge in [0.1, 0.15) is 16.9 Å². The largest absolute Gasteiger partial charge is 0.364 e. The number of nitrogens with zero attached hydrogens (tertiary/aromatic N) is 3. The van der Waals surface area contributed by atoms with Crippen LogP contribution in [-0.4, -0.2) is 21.1 Å². The van der Waals surface area contributed by atoms with Gasteiger partial charge in [-0.25, -0.2) is 4.98 Å². The standard InChI is InChI=1S/C13H10N4O2S/c14-10(18)7-16-3-1-2-9(6-16)12(19)11-13-17(8-15-11)4-5-20-13/h1-6,8H,7H2,(H-,14,18)/p+1. The lowest BCUT2D eigenvalue weighted by molar-refractivity contribution is -0.684. The van der Waals surface area contributed by atoms with Crippen LogP contribution in [0.25, 0.3) is 4.83 Å². The summed E-state index contributed by atoms with van der Waals surface area (Å²) in [5, 5.41) is 1.89. The summed E-state index contributed by atoms with van der Waals surface area (Å²) < 4.78 is 3.38. The van der Waals surface area contributed by atoms with Gasteiger partial charge >= 0.3 is 0 Å². The molecule has 3 rings (SSSR count). The summed E-state index contributed by atoms with van der Waals surface area (Å²) in [6.45, 7) is 0.0404. The number of carbonyl (C=O) groups excluding carboxylic acids is 2. The first-order chi connectivity index (χ1) is 9.65. The fourth-order valence-electron chi connectivity index (χ4n) is 1.96. The molecule has 0 saturated heterocycles. The second-order valence-corrected chi connectivity index (χ2v) is 5.16. The van der Waals surface area contributed by atoms with Gasteiger partial charge in [0.15, 0.2) is 12.4 Å². The van der Waals surface area contributed by atoms with Gasteiger partial charge < -0.3 is 5.73 Å². The van der Waals surface area contributed by atoms with Crippen LogP contribution in [0.1, 0.15) is 16.1 Å². The van der Waals surface area contributed by atoms with Gasteiger partial charge in [0.05, 0.1) is 5.56 Å². The zero-order chi connectivity index (χ0) is 14.1. The highest BCUT2D eigenvalue weighted by Gasteiger charge is 2.19. The Balaban J connectivity index is 1.98. The Morgan fingerprint density at radius 3 is 3.10 bits per heavy atom. The first-order valence-electron chi connectivity index (χ1n) is 5.87. The highest BCUT2D eigenvalue weighted by Crippen LogP contribution is 2.18. The summed E-state index contributed by atoms with van der Waals surface area (Å²) in [5.41, 5.74) is 6.04. The minimum absolute atomic E-state index is 0.0404. The summed E-state index contributed by atoms with van der Waals surface area (Å²) in [6, 6.07) is 3.40. The highest BCUT2D eigenvalue weighted by atomic mass is 32.1. The number of aromatic nitrogens is 3. The van der Waals surface area contributed by atoms with Crippen molar-refractivity contribution in [1.29, 1.82) is 0 Å². The van der Waals surface area contributed by atoms with E-state index >= 15 is 0 Å². The number of nitrogens with two attached hydrogens (primary N) is 1. The number of fused-ring (bicyclic) bond motifs is 1. The van der Waals surface area contributed by atoms with Crippen molar-refractivity contribution >= 4 is 27.9 Å². The van der Waals surface area contributed by atoms with Crippen LogP contribution in [0.3, 0.4) is 0 Å². The lowest BCUT2D eigenvalue weighted by Crippen LogP contribution is -2.40. The summed E-state index contributed by atoms with van der Waals surface area (Å²) in [7, 11) is 0. The van der Waals surface area contributed by atoms with Gasteiger partial charge in [-0.3, -0.25) is 14.0 Å². The molecule has 3 heterocycles. The molecule has 0 aliphatic carbocycles. The zero-order valence-corrected chi connectivity index (χ0v) is 11.2. The Bertz CT molecular complexity index is 805. The second-order valence-electron chi connectivity index (χ2n) is 4.27. The number of imidazole rings is 1. The van der Waals surface area contributed by atoms with Gasteiger partial charge in [-0.15, -0.1) is 11.3 Å². The highest BCUT2D eigenvalue weighted by molar-refractivity contribution is 7.15. The number of pyridine rings is 1. The van der Waals surface area contributed by atoms with Crippen molar-refractivity contribution in [2.45, 2.75) is 6.54 Å². The molecule has 1 amide bonds. The maximum absolute atomic E-state index is 12.5. The predicted octanol–water partition coefficient (Wildman–Crippen LogP) is 0.400. The molecule has 2 N–H and O–H groups in total. The number of hydrogen-bond donors (Lipinski definition) is 1. The topological polar surface area (TPSA) is 81.3 Å². The molecule has 7 heteroatoms. The number of carbonyl (C=O) groups is 2. The smallest absolute Gasteiger partial charge is 0.283 e. The summed E-state index contributed by atoms with van der Waals surface area (Å²) in [4.78, 5) is 28.3. The van der Waals surface area contributed by atoms with Crippen LogP contribution in [0, 0.1) is 0 Å². The van der Waals surface area contributed by atoms with Crippen LogP contribution in [0.5, 0.6) is 0 Å². The molecule has 20 heavy (non-hydrogen) atoms. The van der Waals surface area contributed by atoms with E-state index in [-0.39, 0.29) is 12.3 Å². The van der Waals surface area contributed by atoms with Crippen molar-refractivity contribution in [3.05, 3.63) is 53.7 Å². The summed E-state index contributed by atoms with van der Waals surface area (Å²) >= 11 is 1.46. The van der Waals surface area contributed by atoms with Crippen LogP contribution < -0.4 is 10.3 Å². The minimum Gasteiger partial charge on any atom is -0.364 e. The third-order valence-electron chi connectivity index (χ3n) is 2.82. The lowest BCUT2D eigenvalue weighted by atomic mass is 10.1. The molecular formula is C13H11N4O2S+. The van der Waals surface area contributed by atoms with Gasteiger partial charge in [-0.1, -0.05) is 0 Å². The average Bonchev–Trinajstić information content (AvgIpc) is 2.99. The van der Waals surface area contributed by atoms with Crippen molar-refractivity contribution in [2.75, 3.05) is 0 Å². The second kappa shape index (κ2) is 4.86. The molecule has 0 aromatic carbocycles. The van der Waals surface area contributed by atoms with Crippen LogP contribution in [0.4, 0.5) is 0 Å². The van der Waals surface area contributed by atoms with Gasteiger partial charge in [-0.2, -0.15) is 4.57 Å². The van der Waals surface area contributed by atoms with Crippen LogP contribution >= 0.6 is 11.3 Å². The van der Waals surface area contributed by atoms with E-state index in [2.05, 4.69) is 4.98 Å². The molecule has 0 saturated carbocycles. The molecule has 0 aliphatic rings. The molecule has 0 unspecified atom stereocenters. The molecular weight excluding hydrogens is 276 g/mol. The van der Waals surface area contributed by atoms with E-state index in [0.29, 0.717) is 11.3 Å². The Morgan fingerprint density at radius 2 is 2.30 bits per heavy atom. The number of rotatable bonds is 4. The molecule has 0 bridgehead atoms. The molecule has 3 aromatic heterocycles. The van der Waals surface area contributed by atoms with E-state index in [1.807, 2.05) is 11.6 Å². The van der Waals surface area contributed by atoms with Crippen molar-refractivity contribution in [3.63, 3.8) is 0 Å². The van der Waals surface area contributed by atoms with Crippen molar-refractivity contribution in [3.8, 4) is 0 Å². The fourth-order valence-corrected chi connectivity index (χ4v) is 2.77. The molecule has 100 valence electrons. The summed E-state index contributed by atoms with van der Waals surface area (Å²) in [6.07, 6.45) is 6.75. The monoisotopic (exact) mass is 287 g/mol. The molecule has 0 radical (unpaired) electrons. The Kier molecular flexibility index (Phi) is 3.03. The molecule has 0 atom stereocenters. The Labute approximate surface area is 118 Å². The van der Waals surface area contributed by atoms with E-state index in [9.17, 15) is 9.59 Å². The first kappa shape index (κ1) is 12.5. The van der Waals surface area contributed by atoms with Gasteiger partial charge in [-0.05, 0) is 6.07 Å². The zero-order valence-electron chi connectivity index (χ0n) is 10.4. The third kappa shape index (κ3) is 2.19. The molecule has 3 aromatic rings. The Morgan fingerprint density at radius 1 is 1.45 bits per heavy atom. The van der Waals surface area contributed by atoms with E-state index in [1.165, 1.54) is 11.3 Å². The van der Waals surface area contributed by atoms with E-state index in [1.54, 1.807) is 39.8 Å². The van der Waals surface area contributed by atoms with Crippen molar-refractivity contribution in [2.24, 2.45) is 5.73 Å². The van der Waals surface area contributed by atoms with Crippen molar-refractivity contribution < 1.29 is 14.2 Å². The van der Waals surface area contributed by atoms with E-state index in [0.717, 1.165) is 4.83 Å². The average molecular weight is 287 g/mol. The van der Waals surface area contributed by atoms with E-state index in [4.69, 9.17) is 5.73 Å². The number of amides is 1. The van der Waals surface area contributed by atoms with Gasteiger partial charge in [0, 0.05) is 17.6 Å². The van der Waals surface area contributed by atoms with Gasteiger partial charge in [0.2, 0.25) is 12.3 Å². The normalized spacial score (nSPS) is 10.8. The number of ketones is 1. The number of hydrogen-bond acceptors (Lipinski definition) is 4. The number of thiazole rings is 1. The predicted molar refractivity (Wildman–Crippen MR) is 72.3 cm³/mol. The van der Waals surface area contributed by atoms with Crippen LogP contribution in [0.15, 0.2) is 42.4 Å². The third-order valence-corrected chi connectivity index (χ3v) is 3.71. The Hall–Kier alpha value is -2.54. The van der Waals surface area contributed by atoms with Crippen LogP contribution in [0.2, 0.25) is 0 Å². The fraction of sp³-hybridized carbons (Fsp3) is 0.0769. The quantitative estimate of drug-likeness (QED) is 0.557. The maximum Gasteiger partial charge on any atom is 0.283 e.